The van der Waals surface area contributed by atoms with Gasteiger partial charge in [-0.2, -0.15) is 0 Å². The zero-order valence-electron chi connectivity index (χ0n) is 14.5. The van der Waals surface area contributed by atoms with Crippen molar-refractivity contribution >= 4 is 28.9 Å². The second kappa shape index (κ2) is 8.15. The van der Waals surface area contributed by atoms with Gasteiger partial charge in [0, 0.05) is 48.8 Å². The lowest BCUT2D eigenvalue weighted by atomic mass is 10.1. The van der Waals surface area contributed by atoms with Crippen LogP contribution in [-0.2, 0) is 11.2 Å². The van der Waals surface area contributed by atoms with E-state index in [1.54, 1.807) is 24.3 Å². The second-order valence-corrected chi connectivity index (χ2v) is 6.67. The number of Topliss-reactive ketones (excluding diaryl/α,β-unsaturated/α-hetero) is 1. The number of nitrogens with zero attached hydrogens (tertiary/aromatic N) is 2. The minimum Gasteiger partial charge on any atom is -0.356 e. The first-order chi connectivity index (χ1) is 12.5. The van der Waals surface area contributed by atoms with E-state index >= 15 is 0 Å². The number of aryl methyl sites for hydroxylation is 1. The van der Waals surface area contributed by atoms with Crippen molar-refractivity contribution in [3.8, 4) is 0 Å². The highest BCUT2D eigenvalue weighted by Crippen LogP contribution is 2.12. The van der Waals surface area contributed by atoms with Gasteiger partial charge in [-0.05, 0) is 42.8 Å². The fraction of sp³-hybridized carbons (Fsp3) is 0.250. The normalized spacial score (nSPS) is 10.8. The van der Waals surface area contributed by atoms with Gasteiger partial charge in [0.15, 0.2) is 5.78 Å². The first kappa shape index (κ1) is 18.1. The molecule has 0 aliphatic carbocycles. The molecule has 0 aliphatic rings. The van der Waals surface area contributed by atoms with E-state index < -0.39 is 0 Å². The highest BCUT2D eigenvalue weighted by Gasteiger charge is 2.09. The molecule has 0 radical (unpaired) electrons. The number of imidazole rings is 1. The molecule has 134 valence electrons. The number of fused-ring (bicyclic) bond motifs is 1. The van der Waals surface area contributed by atoms with Crippen molar-refractivity contribution in [2.75, 3.05) is 6.54 Å². The molecule has 1 amide bonds. The summed E-state index contributed by atoms with van der Waals surface area (Å²) >= 11 is 5.80. The van der Waals surface area contributed by atoms with Gasteiger partial charge in [-0.25, -0.2) is 4.98 Å². The predicted octanol–water partition coefficient (Wildman–Crippen LogP) is 3.62. The smallest absolute Gasteiger partial charge is 0.220 e. The van der Waals surface area contributed by atoms with Crippen molar-refractivity contribution in [2.24, 2.45) is 0 Å². The van der Waals surface area contributed by atoms with Crippen molar-refractivity contribution < 1.29 is 9.59 Å². The summed E-state index contributed by atoms with van der Waals surface area (Å²) in [5, 5.41) is 3.43. The van der Waals surface area contributed by atoms with Crippen molar-refractivity contribution in [1.29, 1.82) is 0 Å². The van der Waals surface area contributed by atoms with E-state index in [4.69, 9.17) is 11.6 Å². The Kier molecular flexibility index (Phi) is 5.68. The Morgan fingerprint density at radius 3 is 2.62 bits per heavy atom. The maximum absolute atomic E-state index is 12.0. The van der Waals surface area contributed by atoms with Gasteiger partial charge in [0.1, 0.15) is 5.65 Å². The fourth-order valence-electron chi connectivity index (χ4n) is 2.70. The third-order valence-corrected chi connectivity index (χ3v) is 4.35. The van der Waals surface area contributed by atoms with E-state index in [9.17, 15) is 9.59 Å². The molecule has 0 fully saturated rings. The standard InChI is InChI=1S/C20H20ClN3O2/c1-14-2-8-19-23-17(13-24(19)12-14)10-11-22-20(26)9-7-18(25)15-3-5-16(21)6-4-15/h2-6,8,12-13H,7,9-11H2,1H3,(H,22,26). The van der Waals surface area contributed by atoms with E-state index in [-0.39, 0.29) is 24.5 Å². The summed E-state index contributed by atoms with van der Waals surface area (Å²) in [6.45, 7) is 2.53. The molecular weight excluding hydrogens is 350 g/mol. The second-order valence-electron chi connectivity index (χ2n) is 6.23. The largest absolute Gasteiger partial charge is 0.356 e. The molecule has 1 aromatic carbocycles. The van der Waals surface area contributed by atoms with Gasteiger partial charge in [0.25, 0.3) is 0 Å². The zero-order valence-corrected chi connectivity index (χ0v) is 15.3. The summed E-state index contributed by atoms with van der Waals surface area (Å²) in [6.07, 6.45) is 5.00. The molecule has 0 saturated carbocycles. The molecule has 0 saturated heterocycles. The number of ketones is 1. The minimum absolute atomic E-state index is 0.0625. The Bertz CT molecular complexity index is 932. The van der Waals surface area contributed by atoms with Crippen LogP contribution >= 0.6 is 11.6 Å². The van der Waals surface area contributed by atoms with Crippen LogP contribution in [0.15, 0.2) is 48.8 Å². The minimum atomic E-state index is -0.132. The number of benzene rings is 1. The van der Waals surface area contributed by atoms with E-state index in [0.717, 1.165) is 11.3 Å². The molecular formula is C20H20ClN3O2. The highest BCUT2D eigenvalue weighted by molar-refractivity contribution is 6.30. The van der Waals surface area contributed by atoms with Crippen LogP contribution in [-0.4, -0.2) is 27.6 Å². The van der Waals surface area contributed by atoms with Crippen LogP contribution in [0.4, 0.5) is 0 Å². The molecule has 2 aromatic heterocycles. The topological polar surface area (TPSA) is 63.5 Å². The molecule has 0 unspecified atom stereocenters. The number of rotatable bonds is 7. The number of pyridine rings is 1. The Balaban J connectivity index is 1.43. The number of amides is 1. The van der Waals surface area contributed by atoms with Crippen LogP contribution in [0.2, 0.25) is 5.02 Å². The molecule has 0 spiro atoms. The summed E-state index contributed by atoms with van der Waals surface area (Å²) in [5.74, 6) is -0.195. The Hall–Kier alpha value is -2.66. The first-order valence-electron chi connectivity index (χ1n) is 8.51. The zero-order chi connectivity index (χ0) is 18.5. The van der Waals surface area contributed by atoms with Gasteiger partial charge in [0.2, 0.25) is 5.91 Å². The Labute approximate surface area is 157 Å². The summed E-state index contributed by atoms with van der Waals surface area (Å²) in [6, 6.07) is 10.7. The lowest BCUT2D eigenvalue weighted by Gasteiger charge is -2.04. The van der Waals surface area contributed by atoms with Crippen molar-refractivity contribution in [1.82, 2.24) is 14.7 Å². The van der Waals surface area contributed by atoms with Gasteiger partial charge < -0.3 is 9.72 Å². The number of nitrogens with one attached hydrogen (secondary N) is 1. The Morgan fingerprint density at radius 2 is 1.85 bits per heavy atom. The van der Waals surface area contributed by atoms with Crippen molar-refractivity contribution in [3.05, 3.63) is 70.6 Å². The third-order valence-electron chi connectivity index (χ3n) is 4.10. The van der Waals surface area contributed by atoms with E-state index in [1.807, 2.05) is 35.9 Å². The molecule has 0 aliphatic heterocycles. The maximum atomic E-state index is 12.0. The number of aromatic nitrogens is 2. The average molecular weight is 370 g/mol. The summed E-state index contributed by atoms with van der Waals surface area (Å²) < 4.78 is 1.98. The number of halogens is 1. The molecule has 26 heavy (non-hydrogen) atoms. The number of hydrogen-bond acceptors (Lipinski definition) is 3. The lowest BCUT2D eigenvalue weighted by molar-refractivity contribution is -0.121. The van der Waals surface area contributed by atoms with Gasteiger partial charge in [0.05, 0.1) is 5.69 Å². The van der Waals surface area contributed by atoms with Crippen molar-refractivity contribution in [3.63, 3.8) is 0 Å². The average Bonchev–Trinajstić information content (AvgIpc) is 3.02. The van der Waals surface area contributed by atoms with E-state index in [2.05, 4.69) is 10.3 Å². The van der Waals surface area contributed by atoms with Crippen LogP contribution < -0.4 is 5.32 Å². The molecule has 3 rings (SSSR count). The van der Waals surface area contributed by atoms with Crippen LogP contribution in [0.25, 0.3) is 5.65 Å². The van der Waals surface area contributed by atoms with Gasteiger partial charge >= 0.3 is 0 Å². The molecule has 0 atom stereocenters. The Morgan fingerprint density at radius 1 is 1.08 bits per heavy atom. The SMILES string of the molecule is Cc1ccc2nc(CCNC(=O)CCC(=O)c3ccc(Cl)cc3)cn2c1. The maximum Gasteiger partial charge on any atom is 0.220 e. The number of hydrogen-bond donors (Lipinski definition) is 1. The molecule has 6 heteroatoms. The summed E-state index contributed by atoms with van der Waals surface area (Å²) in [4.78, 5) is 28.5. The first-order valence-corrected chi connectivity index (χ1v) is 8.89. The molecule has 0 bridgehead atoms. The number of carbonyl (C=O) groups excluding carboxylic acids is 2. The van der Waals surface area contributed by atoms with E-state index in [0.29, 0.717) is 23.6 Å². The lowest BCUT2D eigenvalue weighted by Crippen LogP contribution is -2.26. The summed E-state index contributed by atoms with van der Waals surface area (Å²) in [5.41, 5.74) is 3.56. The molecule has 2 heterocycles. The van der Waals surface area contributed by atoms with Crippen LogP contribution in [0.1, 0.15) is 34.5 Å². The van der Waals surface area contributed by atoms with Crippen LogP contribution in [0.5, 0.6) is 0 Å². The van der Waals surface area contributed by atoms with Crippen molar-refractivity contribution in [2.45, 2.75) is 26.2 Å². The van der Waals surface area contributed by atoms with Gasteiger partial charge in [-0.3, -0.25) is 9.59 Å². The van der Waals surface area contributed by atoms with E-state index in [1.165, 1.54) is 5.56 Å². The highest BCUT2D eigenvalue weighted by atomic mass is 35.5. The molecule has 3 aromatic rings. The molecule has 5 nitrogen and oxygen atoms in total. The molecule has 1 N–H and O–H groups in total. The monoisotopic (exact) mass is 369 g/mol. The fourth-order valence-corrected chi connectivity index (χ4v) is 2.83. The van der Waals surface area contributed by atoms with Gasteiger partial charge in [-0.15, -0.1) is 0 Å². The number of carbonyl (C=O) groups is 2. The van der Waals surface area contributed by atoms with Crippen LogP contribution in [0, 0.1) is 6.92 Å². The van der Waals surface area contributed by atoms with Crippen LogP contribution in [0.3, 0.4) is 0 Å². The van der Waals surface area contributed by atoms with Gasteiger partial charge in [-0.1, -0.05) is 17.7 Å². The summed E-state index contributed by atoms with van der Waals surface area (Å²) in [7, 11) is 0. The third kappa shape index (κ3) is 4.70. The quantitative estimate of drug-likeness (QED) is 0.647. The predicted molar refractivity (Wildman–Crippen MR) is 102 cm³/mol.